The Morgan fingerprint density at radius 1 is 1.21 bits per heavy atom. The Bertz CT molecular complexity index is 558. The fourth-order valence-electron chi connectivity index (χ4n) is 1.67. The maximum atomic E-state index is 6.11. The molecule has 4 heteroatoms. The molecule has 2 rings (SSSR count). The number of nitrogens with one attached hydrogen (secondary N) is 1. The van der Waals surface area contributed by atoms with Crippen LogP contribution in [0.2, 0.25) is 5.02 Å². The summed E-state index contributed by atoms with van der Waals surface area (Å²) in [5, 5.41) is 3.92. The molecule has 0 unspecified atom stereocenters. The predicted octanol–water partition coefficient (Wildman–Crippen LogP) is 4.45. The Labute approximate surface area is 118 Å². The summed E-state index contributed by atoms with van der Waals surface area (Å²) in [7, 11) is 0. The van der Waals surface area contributed by atoms with E-state index in [1.165, 1.54) is 0 Å². The third-order valence-corrected chi connectivity index (χ3v) is 2.96. The molecule has 3 N–H and O–H groups in total. The van der Waals surface area contributed by atoms with E-state index in [0.29, 0.717) is 23.1 Å². The van der Waals surface area contributed by atoms with Crippen molar-refractivity contribution >= 4 is 28.7 Å². The Hall–Kier alpha value is -1.87. The van der Waals surface area contributed by atoms with Crippen LogP contribution < -0.4 is 15.8 Å². The van der Waals surface area contributed by atoms with Crippen LogP contribution in [0.4, 0.5) is 17.1 Å². The molecule has 0 saturated carbocycles. The first-order chi connectivity index (χ1) is 9.20. The van der Waals surface area contributed by atoms with E-state index >= 15 is 0 Å². The average molecular weight is 277 g/mol. The van der Waals surface area contributed by atoms with E-state index in [9.17, 15) is 0 Å². The molecule has 0 heterocycles. The molecule has 19 heavy (non-hydrogen) atoms. The van der Waals surface area contributed by atoms with Gasteiger partial charge in [0.25, 0.3) is 0 Å². The third kappa shape index (κ3) is 3.55. The number of anilines is 3. The molecule has 0 aromatic heterocycles. The number of para-hydroxylation sites is 1. The van der Waals surface area contributed by atoms with Crippen molar-refractivity contribution < 1.29 is 4.74 Å². The van der Waals surface area contributed by atoms with E-state index in [0.717, 1.165) is 17.8 Å². The lowest BCUT2D eigenvalue weighted by Gasteiger charge is -2.12. The molecule has 0 aliphatic carbocycles. The zero-order chi connectivity index (χ0) is 13.7. The number of halogens is 1. The van der Waals surface area contributed by atoms with Gasteiger partial charge in [0.2, 0.25) is 0 Å². The number of benzene rings is 2. The van der Waals surface area contributed by atoms with Crippen LogP contribution in [-0.4, -0.2) is 6.61 Å². The molecule has 0 aliphatic heterocycles. The fourth-order valence-corrected chi connectivity index (χ4v) is 1.85. The number of ether oxygens (including phenoxy) is 1. The zero-order valence-corrected chi connectivity index (χ0v) is 11.6. The van der Waals surface area contributed by atoms with Gasteiger partial charge in [-0.05, 0) is 30.7 Å². The molecule has 3 nitrogen and oxygen atoms in total. The predicted molar refractivity (Wildman–Crippen MR) is 81.4 cm³/mol. The van der Waals surface area contributed by atoms with Gasteiger partial charge in [0.05, 0.1) is 23.0 Å². The normalized spacial score (nSPS) is 10.2. The van der Waals surface area contributed by atoms with Gasteiger partial charge in [-0.1, -0.05) is 30.7 Å². The van der Waals surface area contributed by atoms with E-state index in [1.54, 1.807) is 0 Å². The third-order valence-electron chi connectivity index (χ3n) is 2.63. The lowest BCUT2D eigenvalue weighted by Crippen LogP contribution is -2.00. The summed E-state index contributed by atoms with van der Waals surface area (Å²) < 4.78 is 5.60. The van der Waals surface area contributed by atoms with Crippen LogP contribution in [0.1, 0.15) is 13.3 Å². The van der Waals surface area contributed by atoms with Crippen molar-refractivity contribution in [3.05, 3.63) is 47.5 Å². The molecule has 0 spiro atoms. The molecule has 0 atom stereocenters. The quantitative estimate of drug-likeness (QED) is 0.793. The smallest absolute Gasteiger partial charge is 0.144 e. The van der Waals surface area contributed by atoms with Crippen LogP contribution in [0, 0.1) is 0 Å². The number of hydrogen-bond acceptors (Lipinski definition) is 3. The van der Waals surface area contributed by atoms with E-state index in [4.69, 9.17) is 22.1 Å². The van der Waals surface area contributed by atoms with Crippen molar-refractivity contribution in [2.75, 3.05) is 17.7 Å². The van der Waals surface area contributed by atoms with E-state index in [-0.39, 0.29) is 0 Å². The Morgan fingerprint density at radius 2 is 2.00 bits per heavy atom. The molecule has 100 valence electrons. The largest absolute Gasteiger partial charge is 0.491 e. The van der Waals surface area contributed by atoms with Gasteiger partial charge in [0, 0.05) is 11.8 Å². The molecule has 0 saturated heterocycles. The van der Waals surface area contributed by atoms with Gasteiger partial charge < -0.3 is 15.8 Å². The zero-order valence-electron chi connectivity index (χ0n) is 10.8. The number of hydrogen-bond donors (Lipinski definition) is 2. The summed E-state index contributed by atoms with van der Waals surface area (Å²) >= 11 is 6.11. The molecular weight excluding hydrogens is 260 g/mol. The lowest BCUT2D eigenvalue weighted by atomic mass is 10.2. The van der Waals surface area contributed by atoms with Crippen LogP contribution in [0.5, 0.6) is 5.75 Å². The van der Waals surface area contributed by atoms with Gasteiger partial charge in [-0.15, -0.1) is 0 Å². The van der Waals surface area contributed by atoms with Gasteiger partial charge >= 0.3 is 0 Å². The fraction of sp³-hybridized carbons (Fsp3) is 0.200. The van der Waals surface area contributed by atoms with Crippen molar-refractivity contribution in [1.82, 2.24) is 0 Å². The first-order valence-corrected chi connectivity index (χ1v) is 6.62. The van der Waals surface area contributed by atoms with Gasteiger partial charge in [-0.25, -0.2) is 0 Å². The minimum absolute atomic E-state index is 0.637. The highest BCUT2D eigenvalue weighted by Crippen LogP contribution is 2.30. The first-order valence-electron chi connectivity index (χ1n) is 6.24. The van der Waals surface area contributed by atoms with Crippen LogP contribution in [-0.2, 0) is 0 Å². The summed E-state index contributed by atoms with van der Waals surface area (Å²) in [4.78, 5) is 0. The van der Waals surface area contributed by atoms with Crippen LogP contribution in [0.15, 0.2) is 42.5 Å². The molecular formula is C15H17ClN2O. The van der Waals surface area contributed by atoms with Crippen molar-refractivity contribution in [3.63, 3.8) is 0 Å². The minimum Gasteiger partial charge on any atom is -0.491 e. The summed E-state index contributed by atoms with van der Waals surface area (Å²) in [5.74, 6) is 0.693. The van der Waals surface area contributed by atoms with Gasteiger partial charge in [0.15, 0.2) is 0 Å². The van der Waals surface area contributed by atoms with E-state index < -0.39 is 0 Å². The molecule has 0 radical (unpaired) electrons. The van der Waals surface area contributed by atoms with E-state index in [2.05, 4.69) is 12.2 Å². The van der Waals surface area contributed by atoms with Crippen molar-refractivity contribution in [2.45, 2.75) is 13.3 Å². The maximum absolute atomic E-state index is 6.11. The number of rotatable bonds is 5. The lowest BCUT2D eigenvalue weighted by molar-refractivity contribution is 0.319. The molecule has 0 bridgehead atoms. The summed E-state index contributed by atoms with van der Waals surface area (Å²) in [6, 6.07) is 13.2. The summed E-state index contributed by atoms with van der Waals surface area (Å²) in [6.45, 7) is 2.71. The van der Waals surface area contributed by atoms with Gasteiger partial charge in [0.1, 0.15) is 5.75 Å². The second-order valence-corrected chi connectivity index (χ2v) is 4.61. The van der Waals surface area contributed by atoms with Crippen LogP contribution in [0.3, 0.4) is 0 Å². The summed E-state index contributed by atoms with van der Waals surface area (Å²) in [5.41, 5.74) is 8.27. The standard InChI is InChI=1S/C15H17ClN2O/c1-2-9-19-15-10-11(7-8-13(15)17)18-14-6-4-3-5-12(14)16/h3-8,10,18H,2,9,17H2,1H3. The first kappa shape index (κ1) is 13.6. The van der Waals surface area contributed by atoms with E-state index in [1.807, 2.05) is 42.5 Å². The Balaban J connectivity index is 2.19. The second kappa shape index (κ2) is 6.34. The highest BCUT2D eigenvalue weighted by molar-refractivity contribution is 6.33. The monoisotopic (exact) mass is 276 g/mol. The SMILES string of the molecule is CCCOc1cc(Nc2ccccc2Cl)ccc1N. The second-order valence-electron chi connectivity index (χ2n) is 4.21. The average Bonchev–Trinajstić information content (AvgIpc) is 2.42. The molecule has 2 aromatic carbocycles. The molecule has 2 aromatic rings. The number of nitrogen functional groups attached to an aromatic ring is 1. The molecule has 0 fully saturated rings. The Morgan fingerprint density at radius 3 is 2.74 bits per heavy atom. The van der Waals surface area contributed by atoms with Gasteiger partial charge in [-0.2, -0.15) is 0 Å². The maximum Gasteiger partial charge on any atom is 0.144 e. The van der Waals surface area contributed by atoms with Crippen LogP contribution >= 0.6 is 11.6 Å². The van der Waals surface area contributed by atoms with Crippen molar-refractivity contribution in [3.8, 4) is 5.75 Å². The molecule has 0 amide bonds. The van der Waals surface area contributed by atoms with Crippen LogP contribution in [0.25, 0.3) is 0 Å². The minimum atomic E-state index is 0.637. The topological polar surface area (TPSA) is 47.3 Å². The van der Waals surface area contributed by atoms with Gasteiger partial charge in [-0.3, -0.25) is 0 Å². The van der Waals surface area contributed by atoms with Crippen molar-refractivity contribution in [2.24, 2.45) is 0 Å². The molecule has 0 aliphatic rings. The summed E-state index contributed by atoms with van der Waals surface area (Å²) in [6.07, 6.45) is 0.946. The number of nitrogens with two attached hydrogens (primary N) is 1. The van der Waals surface area contributed by atoms with Crippen molar-refractivity contribution in [1.29, 1.82) is 0 Å². The highest BCUT2D eigenvalue weighted by Gasteiger charge is 2.04. The Kier molecular flexibility index (Phi) is 4.53. The highest BCUT2D eigenvalue weighted by atomic mass is 35.5.